The average Bonchev–Trinajstić information content (AvgIpc) is 3.79. The third-order valence-electron chi connectivity index (χ3n) is 10.9. The van der Waals surface area contributed by atoms with Crippen LogP contribution < -0.4 is 5.32 Å². The Morgan fingerprint density at radius 2 is 1.42 bits per heavy atom. The van der Waals surface area contributed by atoms with Crippen LogP contribution >= 0.6 is 11.8 Å². The highest BCUT2D eigenvalue weighted by atomic mass is 32.2. The number of nitrogens with zero attached hydrogens (tertiary/aromatic N) is 2. The molecule has 3 aliphatic rings. The van der Waals surface area contributed by atoms with Gasteiger partial charge in [-0.15, -0.1) is 11.8 Å². The molecule has 60 heavy (non-hydrogen) atoms. The van der Waals surface area contributed by atoms with E-state index in [1.165, 1.54) is 69.6 Å². The van der Waals surface area contributed by atoms with Crippen LogP contribution in [-0.4, -0.2) is 93.4 Å². The predicted molar refractivity (Wildman–Crippen MR) is 220 cm³/mol. The molecule has 5 rings (SSSR count). The number of rotatable bonds is 24. The minimum atomic E-state index is -4.62. The summed E-state index contributed by atoms with van der Waals surface area (Å²) in [7, 11) is -4.62. The standard InChI is InChI=1S/C42H53N3O13S2/c1-2-3-4-5-6-7-8-9-10-11-12-13-14-34(41(51)52)59-35-25-39(49)44(40(35)50)22-21-36(46)43-27-15-17-29-30-18-16-28(60(54,55)56)24-32(30)33(31(29)23-27)26-57-42(53)58-45-37(47)19-20-38(45)48/h15-18,23-24,33-35H,2-14,19-22,25-26H2,1H3,(H,43,46)(H,51,52)(H,54,55,56). The highest BCUT2D eigenvalue weighted by molar-refractivity contribution is 8.01. The number of hydrogen-bond donors (Lipinski definition) is 3. The zero-order valence-electron chi connectivity index (χ0n) is 33.7. The third kappa shape index (κ3) is 12.4. The Hall–Kier alpha value is -4.81. The number of hydrogen-bond acceptors (Lipinski definition) is 12. The van der Waals surface area contributed by atoms with E-state index in [1.807, 2.05) is 0 Å². The molecule has 0 aromatic heterocycles. The Kier molecular flexibility index (Phi) is 16.7. The van der Waals surface area contributed by atoms with E-state index in [4.69, 9.17) is 9.57 Å². The number of carbonyl (C=O) groups is 7. The second kappa shape index (κ2) is 21.6. The summed E-state index contributed by atoms with van der Waals surface area (Å²) in [6.45, 7) is 1.55. The molecule has 5 amide bonds. The number of unbranched alkanes of at least 4 members (excludes halogenated alkanes) is 11. The SMILES string of the molecule is CCCCCCCCCCCCCCC(SC1CC(=O)N(CCC(=O)Nc2ccc3c(c2)C(COC(=O)ON2C(=O)CCC2=O)c2cc(S(=O)(=O)O)ccc2-3)C1=O)C(=O)O. The van der Waals surface area contributed by atoms with E-state index in [0.29, 0.717) is 40.2 Å². The van der Waals surface area contributed by atoms with E-state index in [1.54, 1.807) is 18.2 Å². The van der Waals surface area contributed by atoms with Crippen molar-refractivity contribution in [3.05, 3.63) is 47.5 Å². The molecule has 0 saturated carbocycles. The van der Waals surface area contributed by atoms with Gasteiger partial charge >= 0.3 is 12.1 Å². The third-order valence-corrected chi connectivity index (χ3v) is 13.2. The molecule has 2 saturated heterocycles. The Morgan fingerprint density at radius 3 is 2.02 bits per heavy atom. The maximum atomic E-state index is 13.2. The summed E-state index contributed by atoms with van der Waals surface area (Å²) in [5.74, 6) is -4.84. The van der Waals surface area contributed by atoms with E-state index >= 15 is 0 Å². The van der Waals surface area contributed by atoms with E-state index in [-0.39, 0.29) is 37.9 Å². The van der Waals surface area contributed by atoms with Crippen molar-refractivity contribution in [3.8, 4) is 11.1 Å². The fraction of sp³-hybridized carbons (Fsp3) is 0.548. The zero-order chi connectivity index (χ0) is 43.4. The van der Waals surface area contributed by atoms with Gasteiger partial charge in [0.05, 0.1) is 10.1 Å². The molecule has 1 aliphatic carbocycles. The maximum Gasteiger partial charge on any atom is 0.533 e. The number of aliphatic carboxylic acids is 1. The molecule has 2 aliphatic heterocycles. The van der Waals surface area contributed by atoms with Crippen molar-refractivity contribution in [1.29, 1.82) is 0 Å². The van der Waals surface area contributed by atoms with Crippen molar-refractivity contribution in [3.63, 3.8) is 0 Å². The highest BCUT2D eigenvalue weighted by Crippen LogP contribution is 2.47. The lowest BCUT2D eigenvalue weighted by atomic mass is 9.97. The fourth-order valence-electron chi connectivity index (χ4n) is 7.72. The van der Waals surface area contributed by atoms with Crippen LogP contribution in [0.3, 0.4) is 0 Å². The van der Waals surface area contributed by atoms with Gasteiger partial charge in [-0.2, -0.15) is 8.42 Å². The molecule has 0 bridgehead atoms. The Bertz CT molecular complexity index is 2040. The average molecular weight is 872 g/mol. The van der Waals surface area contributed by atoms with E-state index in [2.05, 4.69) is 12.2 Å². The second-order valence-electron chi connectivity index (χ2n) is 15.3. The summed E-state index contributed by atoms with van der Waals surface area (Å²) >= 11 is 0.987. The molecule has 2 aromatic carbocycles. The Labute approximate surface area is 353 Å². The molecule has 326 valence electrons. The lowest BCUT2D eigenvalue weighted by molar-refractivity contribution is -0.177. The molecule has 3 atom stereocenters. The number of fused-ring (bicyclic) bond motifs is 3. The number of carboxylic acid groups (broad SMARTS) is 1. The van der Waals surface area contributed by atoms with E-state index < -0.39 is 79.7 Å². The molecule has 2 aromatic rings. The van der Waals surface area contributed by atoms with Gasteiger partial charge in [0.2, 0.25) is 17.7 Å². The number of thioether (sulfide) groups is 1. The lowest BCUT2D eigenvalue weighted by Gasteiger charge is -2.18. The van der Waals surface area contributed by atoms with Gasteiger partial charge in [0, 0.05) is 43.8 Å². The number of ether oxygens (including phenoxy) is 1. The summed E-state index contributed by atoms with van der Waals surface area (Å²) in [6.07, 6.45) is 12.2. The first-order valence-corrected chi connectivity index (χ1v) is 23.0. The Balaban J connectivity index is 1.12. The van der Waals surface area contributed by atoms with Gasteiger partial charge < -0.3 is 15.2 Å². The largest absolute Gasteiger partial charge is 0.533 e. The van der Waals surface area contributed by atoms with E-state index in [0.717, 1.165) is 35.9 Å². The number of likely N-dealkylation sites (tertiary alicyclic amines) is 1. The van der Waals surface area contributed by atoms with E-state index in [9.17, 15) is 51.6 Å². The summed E-state index contributed by atoms with van der Waals surface area (Å²) in [4.78, 5) is 93.0. The normalized spacial score (nSPS) is 17.8. The van der Waals surface area contributed by atoms with Crippen LogP contribution in [-0.2, 0) is 48.5 Å². The summed E-state index contributed by atoms with van der Waals surface area (Å²) in [5.41, 5.74) is 2.31. The maximum absolute atomic E-state index is 13.2. The van der Waals surface area contributed by atoms with Gasteiger partial charge in [-0.1, -0.05) is 101 Å². The smallest absolute Gasteiger partial charge is 0.480 e. The molecule has 2 heterocycles. The second-order valence-corrected chi connectivity index (χ2v) is 18.2. The monoisotopic (exact) mass is 871 g/mol. The molecule has 3 N–H and O–H groups in total. The number of carbonyl (C=O) groups excluding carboxylic acids is 6. The van der Waals surface area contributed by atoms with Crippen LogP contribution in [0, 0.1) is 0 Å². The van der Waals surface area contributed by atoms with Crippen molar-refractivity contribution in [2.24, 2.45) is 0 Å². The summed E-state index contributed by atoms with van der Waals surface area (Å²) < 4.78 is 38.9. The minimum Gasteiger partial charge on any atom is -0.480 e. The number of amides is 5. The summed E-state index contributed by atoms with van der Waals surface area (Å²) in [6, 6.07) is 8.73. The van der Waals surface area contributed by atoms with Crippen LogP contribution in [0.15, 0.2) is 41.3 Å². The van der Waals surface area contributed by atoms with Gasteiger partial charge in [-0.05, 0) is 52.9 Å². The number of benzene rings is 2. The van der Waals surface area contributed by atoms with Gasteiger partial charge in [-0.3, -0.25) is 43.1 Å². The van der Waals surface area contributed by atoms with Crippen LogP contribution in [0.25, 0.3) is 11.1 Å². The number of imide groups is 2. The van der Waals surface area contributed by atoms with Gasteiger partial charge in [0.25, 0.3) is 21.9 Å². The Morgan fingerprint density at radius 1 is 0.833 bits per heavy atom. The molecule has 18 heteroatoms. The quantitative estimate of drug-likeness (QED) is 0.0418. The molecule has 16 nitrogen and oxygen atoms in total. The number of nitrogens with one attached hydrogen (secondary N) is 1. The first kappa shape index (κ1) is 46.3. The van der Waals surface area contributed by atoms with Crippen molar-refractivity contribution in [2.45, 2.75) is 137 Å². The van der Waals surface area contributed by atoms with Crippen molar-refractivity contribution < 1.29 is 61.2 Å². The molecule has 2 fully saturated rings. The number of carboxylic acids is 1. The van der Waals surface area contributed by atoms with Crippen LogP contribution in [0.1, 0.15) is 133 Å². The van der Waals surface area contributed by atoms with Crippen molar-refractivity contribution >= 4 is 69.2 Å². The number of hydroxylamine groups is 2. The molecule has 0 spiro atoms. The van der Waals surface area contributed by atoms with Crippen molar-refractivity contribution in [2.75, 3.05) is 18.5 Å². The lowest BCUT2D eigenvalue weighted by Crippen LogP contribution is -2.34. The molecular weight excluding hydrogens is 819 g/mol. The van der Waals surface area contributed by atoms with Crippen LogP contribution in [0.5, 0.6) is 0 Å². The van der Waals surface area contributed by atoms with Crippen LogP contribution in [0.4, 0.5) is 10.5 Å². The van der Waals surface area contributed by atoms with Crippen LogP contribution in [0.2, 0.25) is 0 Å². The zero-order valence-corrected chi connectivity index (χ0v) is 35.4. The summed E-state index contributed by atoms with van der Waals surface area (Å²) in [5, 5.41) is 11.2. The number of anilines is 1. The van der Waals surface area contributed by atoms with Gasteiger partial charge in [0.1, 0.15) is 11.9 Å². The topological polar surface area (TPSA) is 231 Å². The molecular formula is C42H53N3O13S2. The molecule has 3 unspecified atom stereocenters. The highest BCUT2D eigenvalue weighted by Gasteiger charge is 2.41. The first-order valence-electron chi connectivity index (χ1n) is 20.7. The van der Waals surface area contributed by atoms with Crippen molar-refractivity contribution in [1.82, 2.24) is 9.96 Å². The van der Waals surface area contributed by atoms with Gasteiger partial charge in [0.15, 0.2) is 0 Å². The van der Waals surface area contributed by atoms with Gasteiger partial charge in [-0.25, -0.2) is 4.79 Å². The fourth-order valence-corrected chi connectivity index (χ4v) is 9.53. The molecule has 0 radical (unpaired) electrons. The predicted octanol–water partition coefficient (Wildman–Crippen LogP) is 7.00. The first-order chi connectivity index (χ1) is 28.7. The minimum absolute atomic E-state index is 0.126.